The topological polar surface area (TPSA) is 101 Å². The molecule has 1 aromatic carbocycles. The Hall–Kier alpha value is -2.06. The molecule has 0 aliphatic carbocycles. The van der Waals surface area contributed by atoms with Crippen LogP contribution in [0, 0.1) is 10.1 Å². The third kappa shape index (κ3) is 5.86. The Bertz CT molecular complexity index is 639. The summed E-state index contributed by atoms with van der Waals surface area (Å²) in [6.07, 6.45) is 3.88. The molecule has 1 atom stereocenters. The van der Waals surface area contributed by atoms with E-state index in [4.69, 9.17) is 11.6 Å². The summed E-state index contributed by atoms with van der Waals surface area (Å²) >= 11 is 7.49. The van der Waals surface area contributed by atoms with Crippen molar-refractivity contribution in [1.29, 1.82) is 0 Å². The molecule has 0 bridgehead atoms. The van der Waals surface area contributed by atoms with Gasteiger partial charge in [-0.3, -0.25) is 19.7 Å². The number of hydrogen-bond donors (Lipinski definition) is 2. The lowest BCUT2D eigenvalue weighted by molar-refractivity contribution is -0.384. The molecule has 2 N–H and O–H groups in total. The standard InChI is InChI=1S/C15H18ClN3O4S/c1-3-7-17-15(21)13(6-8-24-2)18-14(20)11-5-4-10(19(22)23)9-12(11)16/h3-5,9,13H,1,6-8H2,2H3,(H,17,21)(H,18,20)/t13-/m0/s1. The highest BCUT2D eigenvalue weighted by molar-refractivity contribution is 7.98. The average Bonchev–Trinajstić information content (AvgIpc) is 2.55. The van der Waals surface area contributed by atoms with Gasteiger partial charge in [0.2, 0.25) is 5.91 Å². The van der Waals surface area contributed by atoms with Crippen LogP contribution in [0.4, 0.5) is 5.69 Å². The molecule has 130 valence electrons. The minimum Gasteiger partial charge on any atom is -0.351 e. The summed E-state index contributed by atoms with van der Waals surface area (Å²) in [4.78, 5) is 34.5. The zero-order valence-electron chi connectivity index (χ0n) is 13.1. The van der Waals surface area contributed by atoms with E-state index >= 15 is 0 Å². The van der Waals surface area contributed by atoms with E-state index in [2.05, 4.69) is 17.2 Å². The Labute approximate surface area is 149 Å². The van der Waals surface area contributed by atoms with Crippen LogP contribution in [-0.2, 0) is 4.79 Å². The molecule has 0 saturated heterocycles. The first-order valence-electron chi connectivity index (χ1n) is 7.03. The van der Waals surface area contributed by atoms with E-state index in [1.165, 1.54) is 12.1 Å². The van der Waals surface area contributed by atoms with Crippen LogP contribution in [0.25, 0.3) is 0 Å². The Morgan fingerprint density at radius 1 is 1.50 bits per heavy atom. The molecule has 0 saturated carbocycles. The minimum absolute atomic E-state index is 0.0446. The molecule has 24 heavy (non-hydrogen) atoms. The number of carbonyl (C=O) groups excluding carboxylic acids is 2. The van der Waals surface area contributed by atoms with Gasteiger partial charge in [-0.2, -0.15) is 11.8 Å². The van der Waals surface area contributed by atoms with Crippen LogP contribution in [0.1, 0.15) is 16.8 Å². The number of hydrogen-bond acceptors (Lipinski definition) is 5. The lowest BCUT2D eigenvalue weighted by Crippen LogP contribution is -2.47. The van der Waals surface area contributed by atoms with Gasteiger partial charge in [0.1, 0.15) is 6.04 Å². The summed E-state index contributed by atoms with van der Waals surface area (Å²) < 4.78 is 0. The number of benzene rings is 1. The molecule has 1 aromatic rings. The van der Waals surface area contributed by atoms with Crippen molar-refractivity contribution < 1.29 is 14.5 Å². The Morgan fingerprint density at radius 3 is 2.75 bits per heavy atom. The van der Waals surface area contributed by atoms with Crippen molar-refractivity contribution in [3.05, 3.63) is 51.6 Å². The molecule has 0 fully saturated rings. The highest BCUT2D eigenvalue weighted by Crippen LogP contribution is 2.22. The maximum Gasteiger partial charge on any atom is 0.270 e. The molecule has 0 unspecified atom stereocenters. The number of nitrogens with zero attached hydrogens (tertiary/aromatic N) is 1. The molecule has 0 radical (unpaired) electrons. The summed E-state index contributed by atoms with van der Waals surface area (Å²) in [6.45, 7) is 3.81. The highest BCUT2D eigenvalue weighted by atomic mass is 35.5. The molecule has 1 rings (SSSR count). The van der Waals surface area contributed by atoms with E-state index in [0.29, 0.717) is 18.7 Å². The van der Waals surface area contributed by atoms with Crippen molar-refractivity contribution in [2.24, 2.45) is 0 Å². The van der Waals surface area contributed by atoms with Crippen LogP contribution >= 0.6 is 23.4 Å². The lowest BCUT2D eigenvalue weighted by Gasteiger charge is -2.18. The lowest BCUT2D eigenvalue weighted by atomic mass is 10.1. The Balaban J connectivity index is 2.88. The number of halogens is 1. The van der Waals surface area contributed by atoms with Gasteiger partial charge in [-0.05, 0) is 24.5 Å². The summed E-state index contributed by atoms with van der Waals surface area (Å²) in [5.41, 5.74) is -0.132. The first-order valence-corrected chi connectivity index (χ1v) is 8.80. The maximum atomic E-state index is 12.3. The van der Waals surface area contributed by atoms with Gasteiger partial charge in [0.05, 0.1) is 15.5 Å². The number of nitro groups is 1. The average molecular weight is 372 g/mol. The van der Waals surface area contributed by atoms with Crippen LogP contribution < -0.4 is 10.6 Å². The molecular weight excluding hydrogens is 354 g/mol. The van der Waals surface area contributed by atoms with Crippen LogP contribution in [0.3, 0.4) is 0 Å². The van der Waals surface area contributed by atoms with Crippen molar-refractivity contribution in [2.45, 2.75) is 12.5 Å². The van der Waals surface area contributed by atoms with E-state index in [-0.39, 0.29) is 22.2 Å². The first kappa shape index (κ1) is 20.0. The number of carbonyl (C=O) groups is 2. The molecule has 0 heterocycles. The van der Waals surface area contributed by atoms with Crippen molar-refractivity contribution in [3.63, 3.8) is 0 Å². The zero-order valence-corrected chi connectivity index (χ0v) is 14.7. The van der Waals surface area contributed by atoms with Crippen molar-refractivity contribution in [3.8, 4) is 0 Å². The highest BCUT2D eigenvalue weighted by Gasteiger charge is 2.22. The SMILES string of the molecule is C=CCNC(=O)[C@H](CCSC)NC(=O)c1ccc([N+](=O)[O-])cc1Cl. The summed E-state index contributed by atoms with van der Waals surface area (Å²) in [5.74, 6) is -0.203. The third-order valence-electron chi connectivity index (χ3n) is 3.06. The third-order valence-corrected chi connectivity index (χ3v) is 4.02. The number of non-ortho nitro benzene ring substituents is 1. The van der Waals surface area contributed by atoms with Gasteiger partial charge in [0, 0.05) is 18.7 Å². The van der Waals surface area contributed by atoms with E-state index in [9.17, 15) is 19.7 Å². The predicted molar refractivity (Wildman–Crippen MR) is 95.6 cm³/mol. The van der Waals surface area contributed by atoms with E-state index in [0.717, 1.165) is 6.07 Å². The molecule has 0 spiro atoms. The van der Waals surface area contributed by atoms with Crippen LogP contribution in [0.5, 0.6) is 0 Å². The van der Waals surface area contributed by atoms with Crippen molar-refractivity contribution in [1.82, 2.24) is 10.6 Å². The Morgan fingerprint density at radius 2 is 2.21 bits per heavy atom. The van der Waals surface area contributed by atoms with Crippen molar-refractivity contribution >= 4 is 40.9 Å². The van der Waals surface area contributed by atoms with E-state index < -0.39 is 16.9 Å². The summed E-state index contributed by atoms with van der Waals surface area (Å²) in [7, 11) is 0. The second-order valence-electron chi connectivity index (χ2n) is 4.76. The fraction of sp³-hybridized carbons (Fsp3) is 0.333. The Kier molecular flexibility index (Phi) is 8.28. The molecule has 0 aliphatic rings. The predicted octanol–water partition coefficient (Wildman–Crippen LogP) is 2.40. The number of nitrogens with one attached hydrogen (secondary N) is 2. The molecular formula is C15H18ClN3O4S. The fourth-order valence-corrected chi connectivity index (χ4v) is 2.57. The molecule has 9 heteroatoms. The van der Waals surface area contributed by atoms with Gasteiger partial charge in [-0.25, -0.2) is 0 Å². The molecule has 2 amide bonds. The van der Waals surface area contributed by atoms with E-state index in [1.807, 2.05) is 6.26 Å². The fourth-order valence-electron chi connectivity index (χ4n) is 1.84. The zero-order chi connectivity index (χ0) is 18.1. The van der Waals surface area contributed by atoms with Crippen LogP contribution in [-0.4, -0.2) is 41.3 Å². The number of thioether (sulfide) groups is 1. The van der Waals surface area contributed by atoms with Gasteiger partial charge in [-0.15, -0.1) is 6.58 Å². The second kappa shape index (κ2) is 9.94. The van der Waals surface area contributed by atoms with Crippen molar-refractivity contribution in [2.75, 3.05) is 18.6 Å². The van der Waals surface area contributed by atoms with Gasteiger partial charge >= 0.3 is 0 Å². The quantitative estimate of drug-likeness (QED) is 0.394. The monoisotopic (exact) mass is 371 g/mol. The largest absolute Gasteiger partial charge is 0.351 e. The summed E-state index contributed by atoms with van der Waals surface area (Å²) in [5, 5.41) is 15.9. The van der Waals surface area contributed by atoms with Gasteiger partial charge in [0.15, 0.2) is 0 Å². The molecule has 0 aliphatic heterocycles. The number of nitro benzene ring substituents is 1. The van der Waals surface area contributed by atoms with Gasteiger partial charge in [-0.1, -0.05) is 17.7 Å². The summed E-state index contributed by atoms with van der Waals surface area (Å²) in [6, 6.07) is 2.83. The maximum absolute atomic E-state index is 12.3. The normalized spacial score (nSPS) is 11.4. The van der Waals surface area contributed by atoms with Crippen LogP contribution in [0.15, 0.2) is 30.9 Å². The number of amides is 2. The minimum atomic E-state index is -0.726. The van der Waals surface area contributed by atoms with Gasteiger partial charge < -0.3 is 10.6 Å². The molecule has 0 aromatic heterocycles. The number of rotatable bonds is 9. The second-order valence-corrected chi connectivity index (χ2v) is 6.16. The van der Waals surface area contributed by atoms with Crippen LogP contribution in [0.2, 0.25) is 5.02 Å². The van der Waals surface area contributed by atoms with Gasteiger partial charge in [0.25, 0.3) is 11.6 Å². The van der Waals surface area contributed by atoms with E-state index in [1.54, 1.807) is 17.8 Å². The smallest absolute Gasteiger partial charge is 0.270 e. The first-order chi connectivity index (χ1) is 11.4. The molecule has 7 nitrogen and oxygen atoms in total.